The summed E-state index contributed by atoms with van der Waals surface area (Å²) in [6, 6.07) is 2.26. The fraction of sp³-hybridized carbons (Fsp3) is 0.353. The Bertz CT molecular complexity index is 631. The van der Waals surface area contributed by atoms with Crippen LogP contribution in [-0.4, -0.2) is 23.8 Å². The van der Waals surface area contributed by atoms with Crippen LogP contribution in [0.25, 0.3) is 0 Å². The van der Waals surface area contributed by atoms with Crippen molar-refractivity contribution < 1.29 is 18.7 Å². The maximum absolute atomic E-state index is 13.4. The van der Waals surface area contributed by atoms with Gasteiger partial charge in [-0.05, 0) is 31.0 Å². The molecular formula is C17H20F2N2O2. The number of benzene rings is 1. The summed E-state index contributed by atoms with van der Waals surface area (Å²) in [4.78, 5) is 12.1. The molecule has 0 heterocycles. The van der Waals surface area contributed by atoms with Crippen LogP contribution in [0.4, 0.5) is 13.6 Å². The van der Waals surface area contributed by atoms with Crippen LogP contribution in [0.3, 0.4) is 0 Å². The predicted molar refractivity (Wildman–Crippen MR) is 83.7 cm³/mol. The zero-order valence-electron chi connectivity index (χ0n) is 12.9. The number of carbonyl (C=O) groups is 1. The summed E-state index contributed by atoms with van der Waals surface area (Å²) in [5.74, 6) is -1.87. The summed E-state index contributed by atoms with van der Waals surface area (Å²) in [5.41, 5.74) is 1.02. The van der Waals surface area contributed by atoms with Crippen LogP contribution in [0, 0.1) is 17.6 Å². The van der Waals surface area contributed by atoms with Crippen molar-refractivity contribution >= 4 is 6.03 Å². The van der Waals surface area contributed by atoms with Crippen molar-refractivity contribution in [2.24, 2.45) is 5.92 Å². The molecule has 0 saturated heterocycles. The summed E-state index contributed by atoms with van der Waals surface area (Å²) < 4.78 is 26.4. The molecule has 0 radical (unpaired) electrons. The molecule has 4 nitrogen and oxygen atoms in total. The average molecular weight is 322 g/mol. The van der Waals surface area contributed by atoms with Crippen molar-refractivity contribution in [1.82, 2.24) is 10.6 Å². The highest BCUT2D eigenvalue weighted by Crippen LogP contribution is 2.22. The van der Waals surface area contributed by atoms with E-state index in [4.69, 9.17) is 5.11 Å². The van der Waals surface area contributed by atoms with Crippen molar-refractivity contribution in [3.05, 3.63) is 59.7 Å². The minimum atomic E-state index is -0.972. The van der Waals surface area contributed by atoms with Crippen LogP contribution in [0.15, 0.2) is 42.5 Å². The van der Waals surface area contributed by atoms with Crippen LogP contribution >= 0.6 is 0 Å². The second kappa shape index (κ2) is 7.37. The van der Waals surface area contributed by atoms with Crippen LogP contribution < -0.4 is 10.6 Å². The number of aliphatic hydroxyl groups is 1. The van der Waals surface area contributed by atoms with Gasteiger partial charge in [0.15, 0.2) is 11.6 Å². The molecule has 2 rings (SSSR count). The molecule has 6 heteroatoms. The van der Waals surface area contributed by atoms with Crippen LogP contribution in [0.2, 0.25) is 0 Å². The van der Waals surface area contributed by atoms with Gasteiger partial charge < -0.3 is 15.7 Å². The Morgan fingerprint density at radius 3 is 2.70 bits per heavy atom. The Labute approximate surface area is 133 Å². The molecule has 0 spiro atoms. The topological polar surface area (TPSA) is 61.4 Å². The molecule has 0 fully saturated rings. The molecular weight excluding hydrogens is 302 g/mol. The lowest BCUT2D eigenvalue weighted by Crippen LogP contribution is -2.42. The SMILES string of the molecule is C=C(C)[C@H](NC(=O)N[C@@H]1C=C[C@H](CO)C1)c1ccc(F)c(F)c1. The van der Waals surface area contributed by atoms with Crippen LogP contribution in [0.1, 0.15) is 24.9 Å². The van der Waals surface area contributed by atoms with E-state index in [-0.39, 0.29) is 18.6 Å². The summed E-state index contributed by atoms with van der Waals surface area (Å²) in [5, 5.41) is 14.5. The molecule has 2 amide bonds. The van der Waals surface area contributed by atoms with Crippen molar-refractivity contribution in [3.63, 3.8) is 0 Å². The highest BCUT2D eigenvalue weighted by molar-refractivity contribution is 5.75. The van der Waals surface area contributed by atoms with Gasteiger partial charge in [0.05, 0.1) is 6.04 Å². The lowest BCUT2D eigenvalue weighted by Gasteiger charge is -2.21. The Hall–Kier alpha value is -2.21. The molecule has 3 N–H and O–H groups in total. The molecule has 1 aromatic carbocycles. The largest absolute Gasteiger partial charge is 0.396 e. The maximum Gasteiger partial charge on any atom is 0.315 e. The fourth-order valence-electron chi connectivity index (χ4n) is 2.54. The standard InChI is InChI=1S/C17H20F2N2O2/c1-10(2)16(12-4-6-14(18)15(19)8-12)21-17(23)20-13-5-3-11(7-13)9-22/h3-6,8,11,13,16,22H,1,7,9H2,2H3,(H2,20,21,23)/t11-,13+,16-/m0/s1. The highest BCUT2D eigenvalue weighted by atomic mass is 19.2. The normalized spacial score (nSPS) is 21.0. The first-order valence-corrected chi connectivity index (χ1v) is 7.37. The second-order valence-electron chi connectivity index (χ2n) is 5.74. The Kier molecular flexibility index (Phi) is 5.50. The van der Waals surface area contributed by atoms with Gasteiger partial charge in [-0.2, -0.15) is 0 Å². The summed E-state index contributed by atoms with van der Waals surface area (Å²) in [6.45, 7) is 5.53. The highest BCUT2D eigenvalue weighted by Gasteiger charge is 2.22. The smallest absolute Gasteiger partial charge is 0.315 e. The number of hydrogen-bond donors (Lipinski definition) is 3. The predicted octanol–water partition coefficient (Wildman–Crippen LogP) is 2.82. The van der Waals surface area contributed by atoms with Gasteiger partial charge in [-0.25, -0.2) is 13.6 Å². The maximum atomic E-state index is 13.4. The van der Waals surface area contributed by atoms with Gasteiger partial charge in [-0.15, -0.1) is 0 Å². The van der Waals surface area contributed by atoms with E-state index >= 15 is 0 Å². The molecule has 23 heavy (non-hydrogen) atoms. The lowest BCUT2D eigenvalue weighted by molar-refractivity contribution is 0.229. The van der Waals surface area contributed by atoms with Crippen LogP contribution in [0.5, 0.6) is 0 Å². The van der Waals surface area contributed by atoms with E-state index < -0.39 is 23.7 Å². The zero-order chi connectivity index (χ0) is 17.0. The number of nitrogens with one attached hydrogen (secondary N) is 2. The third-order valence-corrected chi connectivity index (χ3v) is 3.77. The minimum Gasteiger partial charge on any atom is -0.396 e. The quantitative estimate of drug-likeness (QED) is 0.730. The third-order valence-electron chi connectivity index (χ3n) is 3.77. The average Bonchev–Trinajstić information content (AvgIpc) is 2.95. The van der Waals surface area contributed by atoms with Gasteiger partial charge in [0, 0.05) is 18.6 Å². The van der Waals surface area contributed by atoms with Crippen molar-refractivity contribution in [3.8, 4) is 0 Å². The number of hydrogen-bond acceptors (Lipinski definition) is 2. The Morgan fingerprint density at radius 1 is 1.39 bits per heavy atom. The first-order chi connectivity index (χ1) is 10.9. The van der Waals surface area contributed by atoms with Crippen molar-refractivity contribution in [1.29, 1.82) is 0 Å². The van der Waals surface area contributed by atoms with E-state index in [1.54, 1.807) is 6.92 Å². The first-order valence-electron chi connectivity index (χ1n) is 7.37. The number of amides is 2. The van der Waals surface area contributed by atoms with Gasteiger partial charge in [-0.1, -0.05) is 30.4 Å². The monoisotopic (exact) mass is 322 g/mol. The number of aliphatic hydroxyl groups excluding tert-OH is 1. The van der Waals surface area contributed by atoms with E-state index in [2.05, 4.69) is 17.2 Å². The van der Waals surface area contributed by atoms with Gasteiger partial charge in [0.25, 0.3) is 0 Å². The minimum absolute atomic E-state index is 0.0412. The summed E-state index contributed by atoms with van der Waals surface area (Å²) >= 11 is 0. The second-order valence-corrected chi connectivity index (χ2v) is 5.74. The Balaban J connectivity index is 2.02. The van der Waals surface area contributed by atoms with E-state index in [1.807, 2.05) is 12.2 Å². The molecule has 3 atom stereocenters. The molecule has 0 saturated carbocycles. The van der Waals surface area contributed by atoms with Gasteiger partial charge >= 0.3 is 6.03 Å². The number of urea groups is 1. The van der Waals surface area contributed by atoms with Crippen molar-refractivity contribution in [2.45, 2.75) is 25.4 Å². The van der Waals surface area contributed by atoms with E-state index in [0.29, 0.717) is 17.6 Å². The van der Waals surface area contributed by atoms with Crippen LogP contribution in [-0.2, 0) is 0 Å². The number of rotatable bonds is 5. The van der Waals surface area contributed by atoms with Gasteiger partial charge in [0.1, 0.15) is 0 Å². The molecule has 0 unspecified atom stereocenters. The molecule has 1 aliphatic carbocycles. The lowest BCUT2D eigenvalue weighted by atomic mass is 10.0. The number of carbonyl (C=O) groups excluding carboxylic acids is 1. The fourth-order valence-corrected chi connectivity index (χ4v) is 2.54. The molecule has 0 bridgehead atoms. The van der Waals surface area contributed by atoms with E-state index in [1.165, 1.54) is 6.07 Å². The summed E-state index contributed by atoms with van der Waals surface area (Å²) in [7, 11) is 0. The zero-order valence-corrected chi connectivity index (χ0v) is 12.9. The van der Waals surface area contributed by atoms with Gasteiger partial charge in [-0.3, -0.25) is 0 Å². The number of halogens is 2. The third kappa shape index (κ3) is 4.39. The molecule has 0 aromatic heterocycles. The molecule has 1 aliphatic rings. The summed E-state index contributed by atoms with van der Waals surface area (Å²) in [6.07, 6.45) is 4.32. The first kappa shape index (κ1) is 17.1. The molecule has 124 valence electrons. The molecule has 1 aromatic rings. The Morgan fingerprint density at radius 2 is 2.13 bits per heavy atom. The van der Waals surface area contributed by atoms with Gasteiger partial charge in [0.2, 0.25) is 0 Å². The van der Waals surface area contributed by atoms with Crippen molar-refractivity contribution in [2.75, 3.05) is 6.61 Å². The van der Waals surface area contributed by atoms with E-state index in [0.717, 1.165) is 12.1 Å². The van der Waals surface area contributed by atoms with E-state index in [9.17, 15) is 13.6 Å². The molecule has 0 aliphatic heterocycles.